The maximum atomic E-state index is 13.1. The summed E-state index contributed by atoms with van der Waals surface area (Å²) < 4.78 is 0. The maximum absolute atomic E-state index is 13.1. The van der Waals surface area contributed by atoms with E-state index in [2.05, 4.69) is 5.32 Å². The Bertz CT molecular complexity index is 842. The zero-order valence-corrected chi connectivity index (χ0v) is 18.1. The Kier molecular flexibility index (Phi) is 8.61. The van der Waals surface area contributed by atoms with Crippen LogP contribution in [0.3, 0.4) is 0 Å². The molecule has 0 radical (unpaired) electrons. The van der Waals surface area contributed by atoms with E-state index in [9.17, 15) is 9.59 Å². The molecule has 0 heterocycles. The minimum atomic E-state index is -0.648. The van der Waals surface area contributed by atoms with E-state index >= 15 is 0 Å². The van der Waals surface area contributed by atoms with Crippen LogP contribution in [-0.4, -0.2) is 29.3 Å². The second-order valence-corrected chi connectivity index (χ2v) is 7.81. The Balaban J connectivity index is 2.26. The molecule has 2 rings (SSSR count). The van der Waals surface area contributed by atoms with E-state index in [1.807, 2.05) is 13.0 Å². The third-order valence-corrected chi connectivity index (χ3v) is 5.14. The van der Waals surface area contributed by atoms with Crippen molar-refractivity contribution in [1.29, 1.82) is 0 Å². The van der Waals surface area contributed by atoms with Gasteiger partial charge in [0.05, 0.1) is 6.42 Å². The highest BCUT2D eigenvalue weighted by Crippen LogP contribution is 2.24. The van der Waals surface area contributed by atoms with Crippen molar-refractivity contribution >= 4 is 46.6 Å². The molecule has 1 unspecified atom stereocenters. The first-order valence-corrected chi connectivity index (χ1v) is 10.2. The average Bonchev–Trinajstić information content (AvgIpc) is 2.65. The minimum absolute atomic E-state index is 0.136. The highest BCUT2D eigenvalue weighted by atomic mass is 35.5. The van der Waals surface area contributed by atoms with Crippen molar-refractivity contribution < 1.29 is 9.59 Å². The first-order chi connectivity index (χ1) is 13.3. The zero-order valence-electron chi connectivity index (χ0n) is 15.8. The molecule has 0 saturated carbocycles. The number of nitrogens with zero attached hydrogens (tertiary/aromatic N) is 1. The van der Waals surface area contributed by atoms with Crippen molar-refractivity contribution in [1.82, 2.24) is 10.2 Å². The van der Waals surface area contributed by atoms with Crippen LogP contribution in [0.4, 0.5) is 0 Å². The summed E-state index contributed by atoms with van der Waals surface area (Å²) in [4.78, 5) is 27.1. The summed E-state index contributed by atoms with van der Waals surface area (Å²) in [5, 5.41) is 4.37. The van der Waals surface area contributed by atoms with Crippen LogP contribution < -0.4 is 5.32 Å². The molecule has 150 valence electrons. The molecule has 2 amide bonds. The first-order valence-electron chi connectivity index (χ1n) is 9.07. The molecule has 1 atom stereocenters. The van der Waals surface area contributed by atoms with Crippen molar-refractivity contribution in [2.24, 2.45) is 0 Å². The van der Waals surface area contributed by atoms with Crippen molar-refractivity contribution in [2.75, 3.05) is 6.54 Å². The Hall–Kier alpha value is -1.75. The lowest BCUT2D eigenvalue weighted by molar-refractivity contribution is -0.140. The highest BCUT2D eigenvalue weighted by molar-refractivity contribution is 6.35. The van der Waals surface area contributed by atoms with Crippen molar-refractivity contribution in [2.45, 2.75) is 39.3 Å². The van der Waals surface area contributed by atoms with E-state index in [1.54, 1.807) is 43.3 Å². The summed E-state index contributed by atoms with van der Waals surface area (Å²) >= 11 is 18.3. The van der Waals surface area contributed by atoms with Crippen molar-refractivity contribution in [3.8, 4) is 0 Å². The Morgan fingerprint density at radius 2 is 1.79 bits per heavy atom. The Morgan fingerprint density at radius 1 is 1.07 bits per heavy atom. The highest BCUT2D eigenvalue weighted by Gasteiger charge is 2.26. The van der Waals surface area contributed by atoms with Crippen LogP contribution in [0.15, 0.2) is 42.5 Å². The lowest BCUT2D eigenvalue weighted by Crippen LogP contribution is -2.48. The van der Waals surface area contributed by atoms with Gasteiger partial charge in [-0.15, -0.1) is 0 Å². The molecule has 28 heavy (non-hydrogen) atoms. The smallest absolute Gasteiger partial charge is 0.242 e. The fourth-order valence-electron chi connectivity index (χ4n) is 2.74. The largest absolute Gasteiger partial charge is 0.354 e. The molecule has 4 nitrogen and oxygen atoms in total. The zero-order chi connectivity index (χ0) is 20.7. The third kappa shape index (κ3) is 6.40. The second kappa shape index (κ2) is 10.7. The lowest BCUT2D eigenvalue weighted by atomic mass is 10.1. The molecule has 0 aliphatic rings. The van der Waals surface area contributed by atoms with Gasteiger partial charge in [0.25, 0.3) is 0 Å². The minimum Gasteiger partial charge on any atom is -0.354 e. The predicted octanol–water partition coefficient (Wildman–Crippen LogP) is 5.13. The van der Waals surface area contributed by atoms with Crippen LogP contribution in [0.2, 0.25) is 15.1 Å². The number of carbonyl (C=O) groups is 2. The molecule has 7 heteroatoms. The fraction of sp³-hybridized carbons (Fsp3) is 0.333. The molecule has 2 aromatic carbocycles. The summed E-state index contributed by atoms with van der Waals surface area (Å²) in [5.41, 5.74) is 1.51. The number of halogens is 3. The molecule has 1 N–H and O–H groups in total. The number of rotatable bonds is 8. The van der Waals surface area contributed by atoms with Gasteiger partial charge in [-0.25, -0.2) is 0 Å². The molecule has 0 aliphatic heterocycles. The van der Waals surface area contributed by atoms with Gasteiger partial charge in [-0.2, -0.15) is 0 Å². The Labute approximate surface area is 180 Å². The molecule has 2 aromatic rings. The van der Waals surface area contributed by atoms with Crippen LogP contribution in [0.1, 0.15) is 31.4 Å². The topological polar surface area (TPSA) is 49.4 Å². The normalized spacial score (nSPS) is 11.8. The van der Waals surface area contributed by atoms with Crippen LogP contribution in [-0.2, 0) is 22.6 Å². The van der Waals surface area contributed by atoms with Crippen LogP contribution in [0.25, 0.3) is 0 Å². The summed E-state index contributed by atoms with van der Waals surface area (Å²) in [6, 6.07) is 11.6. The number of hydrogen-bond acceptors (Lipinski definition) is 2. The van der Waals surface area contributed by atoms with Gasteiger partial charge < -0.3 is 10.2 Å². The quantitative estimate of drug-likeness (QED) is 0.617. The standard InChI is InChI=1S/C21H23Cl3N2O2/c1-3-9-25-21(28)14(2)26(13-16-7-8-18(23)12-19(16)24)20(27)11-15-5-4-6-17(22)10-15/h4-8,10,12,14H,3,9,11,13H2,1-2H3,(H,25,28). The van der Waals surface area contributed by atoms with Crippen LogP contribution >= 0.6 is 34.8 Å². The van der Waals surface area contributed by atoms with Gasteiger partial charge in [0.15, 0.2) is 0 Å². The summed E-state index contributed by atoms with van der Waals surface area (Å²) in [6.07, 6.45) is 0.953. The third-order valence-electron chi connectivity index (χ3n) is 4.32. The van der Waals surface area contributed by atoms with E-state index in [-0.39, 0.29) is 24.8 Å². The molecule has 0 spiro atoms. The monoisotopic (exact) mass is 440 g/mol. The molecule has 0 aliphatic carbocycles. The van der Waals surface area contributed by atoms with Gasteiger partial charge in [0.1, 0.15) is 6.04 Å². The molecular formula is C21H23Cl3N2O2. The number of hydrogen-bond donors (Lipinski definition) is 1. The van der Waals surface area contributed by atoms with Crippen LogP contribution in [0.5, 0.6) is 0 Å². The molecule has 0 aromatic heterocycles. The molecule has 0 saturated heterocycles. The molecule has 0 bridgehead atoms. The fourth-order valence-corrected chi connectivity index (χ4v) is 3.42. The van der Waals surface area contributed by atoms with Crippen molar-refractivity contribution in [3.63, 3.8) is 0 Å². The van der Waals surface area contributed by atoms with E-state index in [0.717, 1.165) is 17.5 Å². The van der Waals surface area contributed by atoms with Gasteiger partial charge in [-0.3, -0.25) is 9.59 Å². The lowest BCUT2D eigenvalue weighted by Gasteiger charge is -2.29. The summed E-state index contributed by atoms with van der Waals surface area (Å²) in [5.74, 6) is -0.390. The van der Waals surface area contributed by atoms with Gasteiger partial charge in [0.2, 0.25) is 11.8 Å². The summed E-state index contributed by atoms with van der Waals surface area (Å²) in [7, 11) is 0. The van der Waals surface area contributed by atoms with E-state index in [4.69, 9.17) is 34.8 Å². The average molecular weight is 442 g/mol. The number of benzene rings is 2. The number of nitrogens with one attached hydrogen (secondary N) is 1. The molecular weight excluding hydrogens is 419 g/mol. The number of amides is 2. The van der Waals surface area contributed by atoms with Crippen LogP contribution in [0, 0.1) is 0 Å². The van der Waals surface area contributed by atoms with Crippen molar-refractivity contribution in [3.05, 3.63) is 68.7 Å². The number of carbonyl (C=O) groups excluding carboxylic acids is 2. The summed E-state index contributed by atoms with van der Waals surface area (Å²) in [6.45, 7) is 4.45. The first kappa shape index (κ1) is 22.5. The second-order valence-electron chi connectivity index (χ2n) is 6.53. The van der Waals surface area contributed by atoms with Gasteiger partial charge in [-0.1, -0.05) is 59.9 Å². The van der Waals surface area contributed by atoms with Gasteiger partial charge >= 0.3 is 0 Å². The van der Waals surface area contributed by atoms with E-state index in [0.29, 0.717) is 21.6 Å². The van der Waals surface area contributed by atoms with Gasteiger partial charge in [-0.05, 0) is 48.7 Å². The SMILES string of the molecule is CCCNC(=O)C(C)N(Cc1ccc(Cl)cc1Cl)C(=O)Cc1cccc(Cl)c1. The molecule has 0 fully saturated rings. The Morgan fingerprint density at radius 3 is 2.43 bits per heavy atom. The maximum Gasteiger partial charge on any atom is 0.242 e. The predicted molar refractivity (Wildman–Crippen MR) is 115 cm³/mol. The van der Waals surface area contributed by atoms with E-state index in [1.165, 1.54) is 4.90 Å². The van der Waals surface area contributed by atoms with Gasteiger partial charge in [0, 0.05) is 28.2 Å². The van der Waals surface area contributed by atoms with E-state index < -0.39 is 6.04 Å².